The first-order chi connectivity index (χ1) is 16.2. The highest BCUT2D eigenvalue weighted by Gasteiger charge is 2.32. The molecule has 0 aromatic carbocycles. The molecule has 3 heterocycles. The van der Waals surface area contributed by atoms with E-state index in [-0.39, 0.29) is 17.1 Å². The van der Waals surface area contributed by atoms with E-state index in [1.165, 1.54) is 16.6 Å². The zero-order chi connectivity index (χ0) is 24.5. The van der Waals surface area contributed by atoms with Crippen LogP contribution in [0.1, 0.15) is 62.3 Å². The number of furan rings is 1. The molecule has 180 valence electrons. The van der Waals surface area contributed by atoms with Crippen LogP contribution >= 0.6 is 23.1 Å². The van der Waals surface area contributed by atoms with Crippen molar-refractivity contribution in [1.82, 2.24) is 14.8 Å². The monoisotopic (exact) mass is 497 g/mol. The molecule has 4 rings (SSSR count). The number of rotatable bonds is 7. The topological polar surface area (TPSA) is 96.7 Å². The molecule has 3 aromatic rings. The van der Waals surface area contributed by atoms with Gasteiger partial charge in [0.2, 0.25) is 5.91 Å². The first-order valence-electron chi connectivity index (χ1n) is 11.7. The van der Waals surface area contributed by atoms with Gasteiger partial charge in [0.25, 0.3) is 0 Å². The van der Waals surface area contributed by atoms with Crippen LogP contribution in [0.4, 0.5) is 5.00 Å². The van der Waals surface area contributed by atoms with Crippen molar-refractivity contribution < 1.29 is 9.21 Å². The van der Waals surface area contributed by atoms with Crippen LogP contribution in [-0.2, 0) is 24.2 Å². The number of carbonyl (C=O) groups excluding carboxylic acids is 1. The number of thioether (sulfide) groups is 1. The SMILES string of the molecule is CCCn1c(SCC(=O)Nc2sc3c(c2C#N)CCC(C(C)(C)C)C3)nnc1-c1ccoc1C. The number of aromatic nitrogens is 3. The molecular formula is C25H31N5O2S2. The molecule has 1 aliphatic carbocycles. The maximum absolute atomic E-state index is 12.8. The van der Waals surface area contributed by atoms with Gasteiger partial charge in [-0.2, -0.15) is 5.26 Å². The van der Waals surface area contributed by atoms with Crippen LogP contribution < -0.4 is 5.32 Å². The number of nitriles is 1. The number of nitrogens with zero attached hydrogens (tertiary/aromatic N) is 4. The third-order valence-electron chi connectivity index (χ3n) is 6.45. The zero-order valence-electron chi connectivity index (χ0n) is 20.4. The molecule has 0 aliphatic heterocycles. The Morgan fingerprint density at radius 3 is 2.85 bits per heavy atom. The van der Waals surface area contributed by atoms with E-state index in [1.54, 1.807) is 17.6 Å². The summed E-state index contributed by atoms with van der Waals surface area (Å²) in [4.78, 5) is 14.1. The Morgan fingerprint density at radius 1 is 1.41 bits per heavy atom. The quantitative estimate of drug-likeness (QED) is 0.398. The van der Waals surface area contributed by atoms with E-state index < -0.39 is 0 Å². The van der Waals surface area contributed by atoms with Crippen molar-refractivity contribution in [2.24, 2.45) is 11.3 Å². The Balaban J connectivity index is 1.47. The summed E-state index contributed by atoms with van der Waals surface area (Å²) in [5.74, 6) is 2.19. The number of aryl methyl sites for hydroxylation is 1. The fourth-order valence-electron chi connectivity index (χ4n) is 4.46. The summed E-state index contributed by atoms with van der Waals surface area (Å²) in [7, 11) is 0. The first kappa shape index (κ1) is 24.6. The molecule has 0 bridgehead atoms. The minimum atomic E-state index is -0.139. The molecule has 0 saturated heterocycles. The smallest absolute Gasteiger partial charge is 0.235 e. The Hall–Kier alpha value is -2.57. The Labute approximate surface area is 209 Å². The minimum absolute atomic E-state index is 0.139. The number of thiophene rings is 1. The molecule has 3 aromatic heterocycles. The van der Waals surface area contributed by atoms with Crippen molar-refractivity contribution in [1.29, 1.82) is 5.26 Å². The number of hydrogen-bond acceptors (Lipinski definition) is 7. The lowest BCUT2D eigenvalue weighted by Gasteiger charge is -2.33. The van der Waals surface area contributed by atoms with E-state index in [4.69, 9.17) is 4.42 Å². The van der Waals surface area contributed by atoms with Gasteiger partial charge in [-0.05, 0) is 55.6 Å². The Morgan fingerprint density at radius 2 is 2.21 bits per heavy atom. The number of fused-ring (bicyclic) bond motifs is 1. The van der Waals surface area contributed by atoms with E-state index in [2.05, 4.69) is 49.3 Å². The summed E-state index contributed by atoms with van der Waals surface area (Å²) < 4.78 is 7.46. The number of amides is 1. The van der Waals surface area contributed by atoms with Crippen molar-refractivity contribution >= 4 is 34.0 Å². The molecule has 9 heteroatoms. The molecule has 0 spiro atoms. The summed E-state index contributed by atoms with van der Waals surface area (Å²) in [5, 5.41) is 22.9. The normalized spacial score (nSPS) is 15.7. The molecule has 1 atom stereocenters. The summed E-state index contributed by atoms with van der Waals surface area (Å²) in [5.41, 5.74) is 2.90. The van der Waals surface area contributed by atoms with Crippen LogP contribution in [0.5, 0.6) is 0 Å². The average molecular weight is 498 g/mol. The van der Waals surface area contributed by atoms with Crippen molar-refractivity contribution in [3.05, 3.63) is 34.1 Å². The maximum atomic E-state index is 12.8. The van der Waals surface area contributed by atoms with Crippen molar-refractivity contribution in [2.75, 3.05) is 11.1 Å². The standard InChI is InChI=1S/C25H31N5O2S2/c1-6-10-30-22(17-9-11-32-15(17)2)28-29-24(30)33-14-21(31)27-23-19(13-26)18-8-7-16(25(3,4)5)12-20(18)34-23/h9,11,16H,6-8,10,12,14H2,1-5H3,(H,27,31). The minimum Gasteiger partial charge on any atom is -0.469 e. The van der Waals surface area contributed by atoms with E-state index in [0.29, 0.717) is 21.6 Å². The van der Waals surface area contributed by atoms with Crippen LogP contribution in [0.15, 0.2) is 21.9 Å². The highest BCUT2D eigenvalue weighted by atomic mass is 32.2. The van der Waals surface area contributed by atoms with Crippen LogP contribution in [0.3, 0.4) is 0 Å². The average Bonchev–Trinajstić information content (AvgIpc) is 3.47. The summed E-state index contributed by atoms with van der Waals surface area (Å²) in [6.45, 7) is 11.6. The van der Waals surface area contributed by atoms with Gasteiger partial charge >= 0.3 is 0 Å². The van der Waals surface area contributed by atoms with Gasteiger partial charge in [0.15, 0.2) is 11.0 Å². The fraction of sp³-hybridized carbons (Fsp3) is 0.520. The lowest BCUT2D eigenvalue weighted by molar-refractivity contribution is -0.113. The predicted octanol–water partition coefficient (Wildman–Crippen LogP) is 6.07. The van der Waals surface area contributed by atoms with Crippen molar-refractivity contribution in [3.8, 4) is 17.5 Å². The summed E-state index contributed by atoms with van der Waals surface area (Å²) in [6, 6.07) is 4.23. The Kier molecular flexibility index (Phi) is 7.20. The number of carbonyl (C=O) groups is 1. The second kappa shape index (κ2) is 9.96. The highest BCUT2D eigenvalue weighted by Crippen LogP contribution is 2.44. The van der Waals surface area contributed by atoms with Gasteiger partial charge in [0, 0.05) is 11.4 Å². The molecule has 0 saturated carbocycles. The van der Waals surface area contributed by atoms with E-state index >= 15 is 0 Å². The second-order valence-corrected chi connectivity index (χ2v) is 11.9. The van der Waals surface area contributed by atoms with Gasteiger partial charge in [-0.1, -0.05) is 39.5 Å². The van der Waals surface area contributed by atoms with E-state index in [9.17, 15) is 10.1 Å². The van der Waals surface area contributed by atoms with E-state index in [0.717, 1.165) is 54.9 Å². The lowest BCUT2D eigenvalue weighted by Crippen LogP contribution is -2.26. The van der Waals surface area contributed by atoms with E-state index in [1.807, 2.05) is 17.6 Å². The third kappa shape index (κ3) is 4.93. The second-order valence-electron chi connectivity index (χ2n) is 9.81. The molecule has 1 N–H and O–H groups in total. The van der Waals surface area contributed by atoms with Crippen LogP contribution in [0, 0.1) is 29.6 Å². The molecule has 34 heavy (non-hydrogen) atoms. The molecule has 0 fully saturated rings. The highest BCUT2D eigenvalue weighted by molar-refractivity contribution is 7.99. The number of hydrogen-bond donors (Lipinski definition) is 1. The predicted molar refractivity (Wildman–Crippen MR) is 136 cm³/mol. The molecular weight excluding hydrogens is 466 g/mol. The Bertz CT molecular complexity index is 1230. The molecule has 7 nitrogen and oxygen atoms in total. The number of anilines is 1. The fourth-order valence-corrected chi connectivity index (χ4v) is 6.52. The first-order valence-corrected chi connectivity index (χ1v) is 13.5. The van der Waals surface area contributed by atoms with Crippen LogP contribution in [0.2, 0.25) is 0 Å². The maximum Gasteiger partial charge on any atom is 0.235 e. The van der Waals surface area contributed by atoms with Gasteiger partial charge in [-0.25, -0.2) is 0 Å². The third-order valence-corrected chi connectivity index (χ3v) is 8.59. The molecule has 1 unspecified atom stereocenters. The molecule has 1 amide bonds. The van der Waals surface area contributed by atoms with Gasteiger partial charge in [-0.3, -0.25) is 4.79 Å². The van der Waals surface area contributed by atoms with Gasteiger partial charge < -0.3 is 14.3 Å². The summed E-state index contributed by atoms with van der Waals surface area (Å²) >= 11 is 2.92. The largest absolute Gasteiger partial charge is 0.469 e. The molecule has 0 radical (unpaired) electrons. The van der Waals surface area contributed by atoms with Crippen LogP contribution in [0.25, 0.3) is 11.4 Å². The molecule has 1 aliphatic rings. The number of nitrogens with one attached hydrogen (secondary N) is 1. The zero-order valence-corrected chi connectivity index (χ0v) is 22.0. The lowest BCUT2D eigenvalue weighted by atomic mass is 9.72. The summed E-state index contributed by atoms with van der Waals surface area (Å²) in [6.07, 6.45) is 5.52. The van der Waals surface area contributed by atoms with Crippen LogP contribution in [-0.4, -0.2) is 26.4 Å². The van der Waals surface area contributed by atoms with Gasteiger partial charge in [-0.15, -0.1) is 21.5 Å². The van der Waals surface area contributed by atoms with Crippen molar-refractivity contribution in [3.63, 3.8) is 0 Å². The van der Waals surface area contributed by atoms with Gasteiger partial charge in [0.1, 0.15) is 16.8 Å². The van der Waals surface area contributed by atoms with Gasteiger partial charge in [0.05, 0.1) is 23.1 Å². The van der Waals surface area contributed by atoms with Crippen molar-refractivity contribution in [2.45, 2.75) is 72.0 Å².